The maximum absolute atomic E-state index is 12.4. The van der Waals surface area contributed by atoms with Gasteiger partial charge in [-0.2, -0.15) is 0 Å². The summed E-state index contributed by atoms with van der Waals surface area (Å²) in [6, 6.07) is 5.84. The molecule has 0 N–H and O–H groups in total. The minimum absolute atomic E-state index is 0.0657. The lowest BCUT2D eigenvalue weighted by atomic mass is 10.1. The van der Waals surface area contributed by atoms with Crippen LogP contribution in [0.5, 0.6) is 0 Å². The Morgan fingerprint density at radius 2 is 2.35 bits per heavy atom. The van der Waals surface area contributed by atoms with E-state index in [1.807, 2.05) is 6.92 Å². The number of ether oxygens (including phenoxy) is 1. The molecule has 1 atom stereocenters. The molecule has 1 heterocycles. The number of nitro groups is 1. The summed E-state index contributed by atoms with van der Waals surface area (Å²) in [5, 5.41) is 10.8. The summed E-state index contributed by atoms with van der Waals surface area (Å²) in [5.41, 5.74) is 0.281. The van der Waals surface area contributed by atoms with Gasteiger partial charge in [0.1, 0.15) is 0 Å². The third-order valence-corrected chi connectivity index (χ3v) is 3.42. The molecule has 1 aliphatic heterocycles. The van der Waals surface area contributed by atoms with Crippen molar-refractivity contribution in [3.05, 3.63) is 39.9 Å². The molecule has 108 valence electrons. The van der Waals surface area contributed by atoms with Gasteiger partial charge in [-0.3, -0.25) is 14.9 Å². The molecule has 20 heavy (non-hydrogen) atoms. The van der Waals surface area contributed by atoms with Crippen LogP contribution in [0, 0.1) is 10.1 Å². The van der Waals surface area contributed by atoms with E-state index in [0.29, 0.717) is 18.7 Å². The summed E-state index contributed by atoms with van der Waals surface area (Å²) in [7, 11) is 0. The summed E-state index contributed by atoms with van der Waals surface area (Å²) >= 11 is 0. The first-order chi connectivity index (χ1) is 9.61. The molecule has 0 aromatic heterocycles. The first-order valence-electron chi connectivity index (χ1n) is 6.77. The van der Waals surface area contributed by atoms with Crippen LogP contribution in [0.2, 0.25) is 0 Å². The Bertz CT molecular complexity index is 498. The molecule has 0 radical (unpaired) electrons. The van der Waals surface area contributed by atoms with Gasteiger partial charge < -0.3 is 9.64 Å². The highest BCUT2D eigenvalue weighted by Gasteiger charge is 2.23. The van der Waals surface area contributed by atoms with E-state index in [1.165, 1.54) is 18.2 Å². The standard InChI is InChI=1S/C14H18N2O4/c1-2-15(10-13-7-4-8-20-13)14(17)11-5-3-6-12(9-11)16(18)19/h3,5-6,9,13H,2,4,7-8,10H2,1H3. The molecule has 6 nitrogen and oxygen atoms in total. The maximum atomic E-state index is 12.4. The van der Waals surface area contributed by atoms with Crippen molar-refractivity contribution in [2.45, 2.75) is 25.9 Å². The lowest BCUT2D eigenvalue weighted by Crippen LogP contribution is -2.37. The number of nitro benzene ring substituents is 1. The van der Waals surface area contributed by atoms with Crippen LogP contribution in [0.15, 0.2) is 24.3 Å². The van der Waals surface area contributed by atoms with Gasteiger partial charge in [0.25, 0.3) is 11.6 Å². The molecule has 0 bridgehead atoms. The van der Waals surface area contributed by atoms with Crippen LogP contribution < -0.4 is 0 Å². The highest BCUT2D eigenvalue weighted by atomic mass is 16.6. The van der Waals surface area contributed by atoms with Gasteiger partial charge in [0.15, 0.2) is 0 Å². The fourth-order valence-electron chi connectivity index (χ4n) is 2.32. The van der Waals surface area contributed by atoms with Crippen molar-refractivity contribution in [1.29, 1.82) is 0 Å². The number of non-ortho nitro benzene ring substituents is 1. The molecule has 1 aliphatic rings. The summed E-state index contributed by atoms with van der Waals surface area (Å²) in [4.78, 5) is 24.3. The zero-order chi connectivity index (χ0) is 14.5. The number of benzene rings is 1. The quantitative estimate of drug-likeness (QED) is 0.611. The molecule has 1 amide bonds. The molecule has 1 fully saturated rings. The van der Waals surface area contributed by atoms with Crippen LogP contribution in [0.4, 0.5) is 5.69 Å². The molecule has 1 aromatic carbocycles. The van der Waals surface area contributed by atoms with Crippen molar-refractivity contribution < 1.29 is 14.5 Å². The van der Waals surface area contributed by atoms with Gasteiger partial charge in [-0.25, -0.2) is 0 Å². The predicted molar refractivity (Wildman–Crippen MR) is 73.6 cm³/mol. The van der Waals surface area contributed by atoms with E-state index in [0.717, 1.165) is 19.4 Å². The van der Waals surface area contributed by atoms with Gasteiger partial charge in [0.2, 0.25) is 0 Å². The summed E-state index contributed by atoms with van der Waals surface area (Å²) in [6.45, 7) is 3.73. The first-order valence-corrected chi connectivity index (χ1v) is 6.77. The Morgan fingerprint density at radius 1 is 1.55 bits per heavy atom. The Hall–Kier alpha value is -1.95. The number of hydrogen-bond acceptors (Lipinski definition) is 4. The highest BCUT2D eigenvalue weighted by molar-refractivity contribution is 5.94. The van der Waals surface area contributed by atoms with E-state index in [2.05, 4.69) is 0 Å². The van der Waals surface area contributed by atoms with Crippen molar-refractivity contribution >= 4 is 11.6 Å². The number of hydrogen-bond donors (Lipinski definition) is 0. The van der Waals surface area contributed by atoms with Gasteiger partial charge in [0.05, 0.1) is 11.0 Å². The molecule has 1 saturated heterocycles. The van der Waals surface area contributed by atoms with Crippen LogP contribution in [0.3, 0.4) is 0 Å². The Morgan fingerprint density at radius 3 is 2.95 bits per heavy atom. The second kappa shape index (κ2) is 6.47. The topological polar surface area (TPSA) is 72.7 Å². The number of amides is 1. The third-order valence-electron chi connectivity index (χ3n) is 3.42. The summed E-state index contributed by atoms with van der Waals surface area (Å²) in [6.07, 6.45) is 2.06. The predicted octanol–water partition coefficient (Wildman–Crippen LogP) is 2.24. The van der Waals surface area contributed by atoms with Crippen molar-refractivity contribution in [3.63, 3.8) is 0 Å². The second-order valence-electron chi connectivity index (χ2n) is 4.79. The van der Waals surface area contributed by atoms with E-state index in [-0.39, 0.29) is 17.7 Å². The first kappa shape index (κ1) is 14.5. The second-order valence-corrected chi connectivity index (χ2v) is 4.79. The number of likely N-dealkylation sites (N-methyl/N-ethyl adjacent to an activating group) is 1. The minimum atomic E-state index is -0.493. The fraction of sp³-hybridized carbons (Fsp3) is 0.500. The van der Waals surface area contributed by atoms with Crippen LogP contribution in [-0.2, 0) is 4.74 Å². The largest absolute Gasteiger partial charge is 0.376 e. The number of carbonyl (C=O) groups is 1. The van der Waals surface area contributed by atoms with Crippen molar-refractivity contribution in [2.75, 3.05) is 19.7 Å². The van der Waals surface area contributed by atoms with Gasteiger partial charge in [-0.15, -0.1) is 0 Å². The normalized spacial score (nSPS) is 17.9. The van der Waals surface area contributed by atoms with Gasteiger partial charge >= 0.3 is 0 Å². The van der Waals surface area contributed by atoms with Crippen LogP contribution in [0.25, 0.3) is 0 Å². The Labute approximate surface area is 117 Å². The molecule has 2 rings (SSSR count). The zero-order valence-electron chi connectivity index (χ0n) is 11.4. The van der Waals surface area contributed by atoms with Crippen molar-refractivity contribution in [2.24, 2.45) is 0 Å². The van der Waals surface area contributed by atoms with Gasteiger partial charge in [0, 0.05) is 37.4 Å². The Kier molecular flexibility index (Phi) is 4.68. The SMILES string of the molecule is CCN(CC1CCCO1)C(=O)c1cccc([N+](=O)[O-])c1. The summed E-state index contributed by atoms with van der Waals surface area (Å²) < 4.78 is 5.53. The smallest absolute Gasteiger partial charge is 0.270 e. The zero-order valence-corrected chi connectivity index (χ0v) is 11.4. The molecule has 1 aromatic rings. The minimum Gasteiger partial charge on any atom is -0.376 e. The van der Waals surface area contributed by atoms with Crippen molar-refractivity contribution in [1.82, 2.24) is 4.90 Å². The average Bonchev–Trinajstić information content (AvgIpc) is 2.97. The number of rotatable bonds is 5. The molecule has 0 spiro atoms. The van der Waals surface area contributed by atoms with E-state index >= 15 is 0 Å². The van der Waals surface area contributed by atoms with Crippen LogP contribution in [-0.4, -0.2) is 41.5 Å². The van der Waals surface area contributed by atoms with Crippen molar-refractivity contribution in [3.8, 4) is 0 Å². The molecular formula is C14H18N2O4. The Balaban J connectivity index is 2.10. The fourth-order valence-corrected chi connectivity index (χ4v) is 2.32. The van der Waals surface area contributed by atoms with Crippen LogP contribution in [0.1, 0.15) is 30.1 Å². The molecule has 1 unspecified atom stereocenters. The van der Waals surface area contributed by atoms with Gasteiger partial charge in [-0.1, -0.05) is 6.07 Å². The van der Waals surface area contributed by atoms with E-state index < -0.39 is 4.92 Å². The monoisotopic (exact) mass is 278 g/mol. The lowest BCUT2D eigenvalue weighted by Gasteiger charge is -2.24. The van der Waals surface area contributed by atoms with E-state index in [9.17, 15) is 14.9 Å². The molecular weight excluding hydrogens is 260 g/mol. The van der Waals surface area contributed by atoms with Gasteiger partial charge in [-0.05, 0) is 25.8 Å². The molecule has 0 saturated carbocycles. The summed E-state index contributed by atoms with van der Waals surface area (Å²) in [5.74, 6) is -0.188. The average molecular weight is 278 g/mol. The van der Waals surface area contributed by atoms with E-state index in [1.54, 1.807) is 11.0 Å². The number of carbonyl (C=O) groups excluding carboxylic acids is 1. The highest BCUT2D eigenvalue weighted by Crippen LogP contribution is 2.17. The molecule has 0 aliphatic carbocycles. The van der Waals surface area contributed by atoms with E-state index in [4.69, 9.17) is 4.74 Å². The van der Waals surface area contributed by atoms with Crippen LogP contribution >= 0.6 is 0 Å². The molecule has 6 heteroatoms. The number of nitrogens with zero attached hydrogens (tertiary/aromatic N) is 2. The third kappa shape index (κ3) is 3.33. The maximum Gasteiger partial charge on any atom is 0.270 e. The lowest BCUT2D eigenvalue weighted by molar-refractivity contribution is -0.384.